The van der Waals surface area contributed by atoms with Gasteiger partial charge in [-0.05, 0) is 28.1 Å². The highest BCUT2D eigenvalue weighted by atomic mass is 16.2. The molecule has 2 heterocycles. The first-order valence-corrected chi connectivity index (χ1v) is 6.80. The highest BCUT2D eigenvalue weighted by Crippen LogP contribution is 2.16. The molecule has 0 aliphatic carbocycles. The molecule has 3 rings (SSSR count). The van der Waals surface area contributed by atoms with Gasteiger partial charge in [-0.2, -0.15) is 0 Å². The summed E-state index contributed by atoms with van der Waals surface area (Å²) in [4.78, 5) is 16.5. The SMILES string of the molecule is O=C(Nc1ccncc1)C(Cc1ccccc1)n1cnnn1. The van der Waals surface area contributed by atoms with Crippen LogP contribution in [0, 0.1) is 0 Å². The Morgan fingerprint density at radius 3 is 2.59 bits per heavy atom. The zero-order valence-corrected chi connectivity index (χ0v) is 11.7. The maximum Gasteiger partial charge on any atom is 0.249 e. The predicted octanol–water partition coefficient (Wildman–Crippen LogP) is 1.49. The van der Waals surface area contributed by atoms with E-state index < -0.39 is 6.04 Å². The molecule has 22 heavy (non-hydrogen) atoms. The Bertz CT molecular complexity index is 714. The van der Waals surface area contributed by atoms with Gasteiger partial charge in [0.15, 0.2) is 0 Å². The molecule has 1 aromatic carbocycles. The van der Waals surface area contributed by atoms with Crippen molar-refractivity contribution in [2.24, 2.45) is 0 Å². The number of tetrazole rings is 1. The number of rotatable bonds is 5. The smallest absolute Gasteiger partial charge is 0.249 e. The van der Waals surface area contributed by atoms with Crippen molar-refractivity contribution >= 4 is 11.6 Å². The van der Waals surface area contributed by atoms with Crippen LogP contribution < -0.4 is 5.32 Å². The lowest BCUT2D eigenvalue weighted by atomic mass is 10.1. The first-order valence-electron chi connectivity index (χ1n) is 6.80. The number of benzene rings is 1. The number of carbonyl (C=O) groups excluding carboxylic acids is 1. The lowest BCUT2D eigenvalue weighted by Gasteiger charge is -2.16. The van der Waals surface area contributed by atoms with E-state index in [1.165, 1.54) is 11.0 Å². The molecule has 7 nitrogen and oxygen atoms in total. The molecule has 2 aromatic heterocycles. The van der Waals surface area contributed by atoms with E-state index in [0.717, 1.165) is 5.56 Å². The van der Waals surface area contributed by atoms with Crippen LogP contribution in [0.25, 0.3) is 0 Å². The van der Waals surface area contributed by atoms with Crippen LogP contribution in [0.15, 0.2) is 61.2 Å². The minimum Gasteiger partial charge on any atom is -0.324 e. The van der Waals surface area contributed by atoms with Gasteiger partial charge in [-0.25, -0.2) is 4.68 Å². The zero-order chi connectivity index (χ0) is 15.2. The van der Waals surface area contributed by atoms with E-state index in [2.05, 4.69) is 25.8 Å². The number of amides is 1. The van der Waals surface area contributed by atoms with Crippen LogP contribution >= 0.6 is 0 Å². The molecule has 1 unspecified atom stereocenters. The Kier molecular flexibility index (Phi) is 4.15. The van der Waals surface area contributed by atoms with Crippen molar-refractivity contribution in [3.63, 3.8) is 0 Å². The molecule has 3 aromatic rings. The van der Waals surface area contributed by atoms with Crippen LogP contribution in [0.4, 0.5) is 5.69 Å². The van der Waals surface area contributed by atoms with Gasteiger partial charge in [-0.1, -0.05) is 30.3 Å². The minimum atomic E-state index is -0.523. The van der Waals surface area contributed by atoms with Crippen LogP contribution in [-0.2, 0) is 11.2 Å². The van der Waals surface area contributed by atoms with Gasteiger partial charge in [0.25, 0.3) is 0 Å². The molecule has 7 heteroatoms. The number of nitrogens with one attached hydrogen (secondary N) is 1. The third-order valence-corrected chi connectivity index (χ3v) is 3.21. The summed E-state index contributed by atoms with van der Waals surface area (Å²) in [5.74, 6) is -0.178. The molecule has 1 amide bonds. The average molecular weight is 294 g/mol. The normalized spacial score (nSPS) is 11.8. The Labute approximate surface area is 127 Å². The van der Waals surface area contributed by atoms with Gasteiger partial charge in [0, 0.05) is 24.5 Å². The fourth-order valence-electron chi connectivity index (χ4n) is 2.12. The van der Waals surface area contributed by atoms with E-state index in [4.69, 9.17) is 0 Å². The molecule has 1 atom stereocenters. The second-order valence-corrected chi connectivity index (χ2v) is 4.72. The number of pyridine rings is 1. The number of anilines is 1. The molecule has 0 saturated carbocycles. The van der Waals surface area contributed by atoms with Gasteiger partial charge in [0.1, 0.15) is 12.4 Å². The van der Waals surface area contributed by atoms with Gasteiger partial charge in [-0.15, -0.1) is 5.10 Å². The van der Waals surface area contributed by atoms with Crippen molar-refractivity contribution in [2.75, 3.05) is 5.32 Å². The number of carbonyl (C=O) groups is 1. The Balaban J connectivity index is 1.81. The monoisotopic (exact) mass is 294 g/mol. The van der Waals surface area contributed by atoms with Crippen LogP contribution in [0.3, 0.4) is 0 Å². The third-order valence-electron chi connectivity index (χ3n) is 3.21. The fraction of sp³-hybridized carbons (Fsp3) is 0.133. The van der Waals surface area contributed by atoms with E-state index in [1.807, 2.05) is 30.3 Å². The second kappa shape index (κ2) is 6.57. The predicted molar refractivity (Wildman–Crippen MR) is 79.9 cm³/mol. The van der Waals surface area contributed by atoms with Gasteiger partial charge >= 0.3 is 0 Å². The number of aromatic nitrogens is 5. The lowest BCUT2D eigenvalue weighted by Crippen LogP contribution is -2.28. The van der Waals surface area contributed by atoms with E-state index in [-0.39, 0.29) is 5.91 Å². The highest BCUT2D eigenvalue weighted by Gasteiger charge is 2.22. The summed E-state index contributed by atoms with van der Waals surface area (Å²) in [6.07, 6.45) is 5.19. The molecule has 0 spiro atoms. The standard InChI is InChI=1S/C15H14N6O/c22-15(18-13-6-8-16-9-7-13)14(21-11-17-19-20-21)10-12-4-2-1-3-5-12/h1-9,11,14H,10H2,(H,16,18,22). The van der Waals surface area contributed by atoms with Crippen molar-refractivity contribution in [3.8, 4) is 0 Å². The van der Waals surface area contributed by atoms with Crippen molar-refractivity contribution in [1.82, 2.24) is 25.2 Å². The van der Waals surface area contributed by atoms with Crippen LogP contribution in [0.5, 0.6) is 0 Å². The quantitative estimate of drug-likeness (QED) is 0.770. The van der Waals surface area contributed by atoms with Crippen molar-refractivity contribution in [1.29, 1.82) is 0 Å². The molecule has 0 radical (unpaired) electrons. The van der Waals surface area contributed by atoms with Crippen LogP contribution in [0.1, 0.15) is 11.6 Å². The second-order valence-electron chi connectivity index (χ2n) is 4.72. The van der Waals surface area contributed by atoms with Crippen molar-refractivity contribution in [3.05, 3.63) is 66.7 Å². The van der Waals surface area contributed by atoms with Gasteiger partial charge in [0.2, 0.25) is 5.91 Å². The molecule has 0 aliphatic rings. The first kappa shape index (κ1) is 13.9. The molecular weight excluding hydrogens is 280 g/mol. The van der Waals surface area contributed by atoms with Crippen LogP contribution in [-0.4, -0.2) is 31.1 Å². The van der Waals surface area contributed by atoms with Crippen molar-refractivity contribution < 1.29 is 4.79 Å². The molecule has 0 saturated heterocycles. The minimum absolute atomic E-state index is 0.178. The van der Waals surface area contributed by atoms with Crippen molar-refractivity contribution in [2.45, 2.75) is 12.5 Å². The summed E-state index contributed by atoms with van der Waals surface area (Å²) in [7, 11) is 0. The van der Waals surface area contributed by atoms with Crippen LogP contribution in [0.2, 0.25) is 0 Å². The number of hydrogen-bond donors (Lipinski definition) is 1. The zero-order valence-electron chi connectivity index (χ0n) is 11.7. The number of nitrogens with zero attached hydrogens (tertiary/aromatic N) is 5. The third kappa shape index (κ3) is 3.32. The molecule has 0 fully saturated rings. The van der Waals surface area contributed by atoms with E-state index >= 15 is 0 Å². The summed E-state index contributed by atoms with van der Waals surface area (Å²) in [6.45, 7) is 0. The summed E-state index contributed by atoms with van der Waals surface area (Å²) in [5.41, 5.74) is 1.72. The molecule has 1 N–H and O–H groups in total. The summed E-state index contributed by atoms with van der Waals surface area (Å²) >= 11 is 0. The summed E-state index contributed by atoms with van der Waals surface area (Å²) in [6, 6.07) is 12.7. The van der Waals surface area contributed by atoms with Gasteiger partial charge < -0.3 is 5.32 Å². The fourth-order valence-corrected chi connectivity index (χ4v) is 2.12. The first-order chi connectivity index (χ1) is 10.8. The summed E-state index contributed by atoms with van der Waals surface area (Å²) in [5, 5.41) is 13.9. The average Bonchev–Trinajstić information content (AvgIpc) is 3.08. The van der Waals surface area contributed by atoms with Gasteiger partial charge in [-0.3, -0.25) is 9.78 Å². The topological polar surface area (TPSA) is 85.6 Å². The van der Waals surface area contributed by atoms with Gasteiger partial charge in [0.05, 0.1) is 0 Å². The molecule has 0 aliphatic heterocycles. The van der Waals surface area contributed by atoms with E-state index in [9.17, 15) is 4.79 Å². The number of hydrogen-bond acceptors (Lipinski definition) is 5. The maximum absolute atomic E-state index is 12.6. The van der Waals surface area contributed by atoms with E-state index in [0.29, 0.717) is 12.1 Å². The maximum atomic E-state index is 12.6. The summed E-state index contributed by atoms with van der Waals surface area (Å²) < 4.78 is 1.46. The Morgan fingerprint density at radius 1 is 1.14 bits per heavy atom. The Morgan fingerprint density at radius 2 is 1.91 bits per heavy atom. The largest absolute Gasteiger partial charge is 0.324 e. The molecular formula is C15H14N6O. The molecule has 110 valence electrons. The molecule has 0 bridgehead atoms. The lowest BCUT2D eigenvalue weighted by molar-refractivity contribution is -0.119. The highest BCUT2D eigenvalue weighted by molar-refractivity contribution is 5.93. The Hall–Kier alpha value is -3.09. The van der Waals surface area contributed by atoms with E-state index in [1.54, 1.807) is 24.5 Å².